The molecule has 1 aromatic carbocycles. The minimum atomic E-state index is -1.43. The molecule has 0 bridgehead atoms. The fraction of sp³-hybridized carbons (Fsp3) is 0.462. The molecule has 0 saturated carbocycles. The summed E-state index contributed by atoms with van der Waals surface area (Å²) in [6.07, 6.45) is 0. The maximum absolute atomic E-state index is 11.8. The van der Waals surface area contributed by atoms with Gasteiger partial charge in [0.2, 0.25) is 0 Å². The van der Waals surface area contributed by atoms with Crippen LogP contribution in [0, 0.1) is 5.92 Å². The van der Waals surface area contributed by atoms with Crippen molar-refractivity contribution in [2.24, 2.45) is 5.92 Å². The summed E-state index contributed by atoms with van der Waals surface area (Å²) in [4.78, 5) is 11.8. The molecule has 2 aliphatic heterocycles. The molecule has 1 saturated heterocycles. The van der Waals surface area contributed by atoms with Crippen LogP contribution >= 0.6 is 11.6 Å². The SMILES string of the molecule is COC(=O)C1(Cl)OC12c1ccccc1OCC2C. The van der Waals surface area contributed by atoms with E-state index in [0.717, 1.165) is 5.56 Å². The lowest BCUT2D eigenvalue weighted by molar-refractivity contribution is -0.143. The second-order valence-electron chi connectivity index (χ2n) is 4.63. The van der Waals surface area contributed by atoms with Gasteiger partial charge in [0, 0.05) is 11.5 Å². The van der Waals surface area contributed by atoms with Crippen molar-refractivity contribution in [3.63, 3.8) is 0 Å². The predicted octanol–water partition coefficient (Wildman–Crippen LogP) is 2.05. The third-order valence-electron chi connectivity index (χ3n) is 3.66. The number of para-hydroxylation sites is 1. The minimum Gasteiger partial charge on any atom is -0.493 e. The maximum Gasteiger partial charge on any atom is 0.357 e. The zero-order chi connectivity index (χ0) is 13.0. The summed E-state index contributed by atoms with van der Waals surface area (Å²) >= 11 is 6.30. The standard InChI is InChI=1S/C13H13ClO4/c1-8-7-17-10-6-4-3-5-9(10)12(8)13(14,18-12)11(15)16-2/h3-6,8H,7H2,1-2H3. The third-order valence-corrected chi connectivity index (χ3v) is 4.17. The Morgan fingerprint density at radius 3 is 2.94 bits per heavy atom. The fourth-order valence-electron chi connectivity index (χ4n) is 2.66. The van der Waals surface area contributed by atoms with Gasteiger partial charge < -0.3 is 14.2 Å². The molecule has 3 unspecified atom stereocenters. The monoisotopic (exact) mass is 268 g/mol. The quantitative estimate of drug-likeness (QED) is 0.444. The average molecular weight is 269 g/mol. The zero-order valence-electron chi connectivity index (χ0n) is 10.1. The summed E-state index contributed by atoms with van der Waals surface area (Å²) < 4.78 is 16.0. The van der Waals surface area contributed by atoms with Gasteiger partial charge >= 0.3 is 5.97 Å². The predicted molar refractivity (Wildman–Crippen MR) is 64.5 cm³/mol. The molecule has 0 radical (unpaired) electrons. The fourth-order valence-corrected chi connectivity index (χ4v) is 3.15. The Hall–Kier alpha value is -1.26. The molecule has 3 atom stereocenters. The van der Waals surface area contributed by atoms with Crippen molar-refractivity contribution in [2.45, 2.75) is 17.6 Å². The number of esters is 1. The molecule has 2 aliphatic rings. The molecule has 5 heteroatoms. The minimum absolute atomic E-state index is 0.0241. The first-order valence-corrected chi connectivity index (χ1v) is 6.14. The van der Waals surface area contributed by atoms with Crippen molar-refractivity contribution in [2.75, 3.05) is 13.7 Å². The van der Waals surface area contributed by atoms with E-state index in [-0.39, 0.29) is 5.92 Å². The second kappa shape index (κ2) is 3.62. The number of methoxy groups -OCH3 is 1. The summed E-state index contributed by atoms with van der Waals surface area (Å²) in [7, 11) is 1.30. The van der Waals surface area contributed by atoms with E-state index in [9.17, 15) is 4.79 Å². The molecule has 1 aromatic rings. The molecular formula is C13H13ClO4. The molecule has 0 aliphatic carbocycles. The Labute approximate surface area is 110 Å². The average Bonchev–Trinajstić information content (AvgIpc) is 3.03. The third kappa shape index (κ3) is 1.22. The summed E-state index contributed by atoms with van der Waals surface area (Å²) in [5, 5.41) is -1.43. The molecule has 18 heavy (non-hydrogen) atoms. The van der Waals surface area contributed by atoms with Gasteiger partial charge in [-0.1, -0.05) is 36.7 Å². The van der Waals surface area contributed by atoms with Gasteiger partial charge in [0.05, 0.1) is 13.7 Å². The topological polar surface area (TPSA) is 48.1 Å². The zero-order valence-corrected chi connectivity index (χ0v) is 10.9. The molecular weight excluding hydrogens is 256 g/mol. The van der Waals surface area contributed by atoms with Gasteiger partial charge in [0.15, 0.2) is 5.60 Å². The van der Waals surface area contributed by atoms with Gasteiger partial charge in [0.1, 0.15) is 5.75 Å². The summed E-state index contributed by atoms with van der Waals surface area (Å²) in [6, 6.07) is 7.47. The van der Waals surface area contributed by atoms with Crippen molar-refractivity contribution in [3.8, 4) is 5.75 Å². The van der Waals surface area contributed by atoms with Crippen LogP contribution in [0.15, 0.2) is 24.3 Å². The van der Waals surface area contributed by atoms with Gasteiger partial charge in [-0.15, -0.1) is 0 Å². The van der Waals surface area contributed by atoms with E-state index in [2.05, 4.69) is 0 Å². The number of carbonyl (C=O) groups is 1. The highest BCUT2D eigenvalue weighted by Crippen LogP contribution is 2.66. The highest BCUT2D eigenvalue weighted by Gasteiger charge is 2.79. The Kier molecular flexibility index (Phi) is 2.37. The Morgan fingerprint density at radius 1 is 1.50 bits per heavy atom. The van der Waals surface area contributed by atoms with Gasteiger partial charge in [-0.3, -0.25) is 0 Å². The first-order valence-electron chi connectivity index (χ1n) is 5.76. The lowest BCUT2D eigenvalue weighted by Crippen LogP contribution is -2.39. The molecule has 0 amide bonds. The molecule has 4 nitrogen and oxygen atoms in total. The van der Waals surface area contributed by atoms with Crippen LogP contribution in [0.4, 0.5) is 0 Å². The summed E-state index contributed by atoms with van der Waals surface area (Å²) in [6.45, 7) is 2.41. The second-order valence-corrected chi connectivity index (χ2v) is 5.17. The molecule has 2 heterocycles. The highest BCUT2D eigenvalue weighted by molar-refractivity contribution is 6.36. The molecule has 3 rings (SSSR count). The maximum atomic E-state index is 11.8. The van der Waals surface area contributed by atoms with E-state index in [1.807, 2.05) is 31.2 Å². The first kappa shape index (κ1) is 11.8. The van der Waals surface area contributed by atoms with Crippen molar-refractivity contribution in [1.29, 1.82) is 0 Å². The van der Waals surface area contributed by atoms with Crippen molar-refractivity contribution >= 4 is 17.6 Å². The Bertz CT molecular complexity index is 517. The van der Waals surface area contributed by atoms with Crippen LogP contribution in [0.2, 0.25) is 0 Å². The van der Waals surface area contributed by atoms with Crippen LogP contribution < -0.4 is 4.74 Å². The van der Waals surface area contributed by atoms with Crippen LogP contribution in [-0.2, 0) is 19.9 Å². The van der Waals surface area contributed by atoms with Crippen molar-refractivity contribution < 1.29 is 19.0 Å². The smallest absolute Gasteiger partial charge is 0.357 e. The normalized spacial score (nSPS) is 36.7. The first-order chi connectivity index (χ1) is 8.56. The van der Waals surface area contributed by atoms with Crippen LogP contribution in [0.5, 0.6) is 5.75 Å². The number of rotatable bonds is 1. The van der Waals surface area contributed by atoms with Gasteiger partial charge in [-0.2, -0.15) is 0 Å². The highest BCUT2D eigenvalue weighted by atomic mass is 35.5. The van der Waals surface area contributed by atoms with E-state index in [1.165, 1.54) is 7.11 Å². The van der Waals surface area contributed by atoms with Crippen LogP contribution in [0.1, 0.15) is 12.5 Å². The lowest BCUT2D eigenvalue weighted by Gasteiger charge is -2.30. The van der Waals surface area contributed by atoms with Gasteiger partial charge in [-0.25, -0.2) is 4.79 Å². The number of hydrogen-bond acceptors (Lipinski definition) is 4. The van der Waals surface area contributed by atoms with Crippen LogP contribution in [-0.4, -0.2) is 24.7 Å². The number of ether oxygens (including phenoxy) is 3. The molecule has 1 fully saturated rings. The molecule has 0 aromatic heterocycles. The summed E-state index contributed by atoms with van der Waals surface area (Å²) in [5.74, 6) is 0.124. The van der Waals surface area contributed by atoms with Crippen molar-refractivity contribution in [1.82, 2.24) is 0 Å². The number of hydrogen-bond donors (Lipinski definition) is 0. The van der Waals surface area contributed by atoms with Gasteiger partial charge in [-0.05, 0) is 6.07 Å². The van der Waals surface area contributed by atoms with E-state index in [4.69, 9.17) is 25.8 Å². The number of benzene rings is 1. The number of carbonyl (C=O) groups excluding carboxylic acids is 1. The van der Waals surface area contributed by atoms with E-state index in [0.29, 0.717) is 12.4 Å². The molecule has 1 spiro atoms. The number of epoxide rings is 1. The number of alkyl halides is 1. The number of halogens is 1. The van der Waals surface area contributed by atoms with E-state index < -0.39 is 16.6 Å². The number of fused-ring (bicyclic) bond motifs is 2. The Balaban J connectivity index is 2.11. The van der Waals surface area contributed by atoms with Crippen LogP contribution in [0.25, 0.3) is 0 Å². The largest absolute Gasteiger partial charge is 0.493 e. The lowest BCUT2D eigenvalue weighted by atomic mass is 9.82. The van der Waals surface area contributed by atoms with Gasteiger partial charge in [0.25, 0.3) is 5.06 Å². The van der Waals surface area contributed by atoms with Crippen molar-refractivity contribution in [3.05, 3.63) is 29.8 Å². The van der Waals surface area contributed by atoms with E-state index in [1.54, 1.807) is 0 Å². The Morgan fingerprint density at radius 2 is 2.22 bits per heavy atom. The summed E-state index contributed by atoms with van der Waals surface area (Å²) in [5.41, 5.74) is -0.0274. The molecule has 96 valence electrons. The van der Waals surface area contributed by atoms with E-state index >= 15 is 0 Å². The molecule has 0 N–H and O–H groups in total. The van der Waals surface area contributed by atoms with Crippen LogP contribution in [0.3, 0.4) is 0 Å².